The second-order valence-corrected chi connectivity index (χ2v) is 11.4. The highest BCUT2D eigenvalue weighted by Gasteiger charge is 2.76. The van der Waals surface area contributed by atoms with E-state index in [1.165, 1.54) is 0 Å². The molecule has 0 spiro atoms. The Balaban J connectivity index is 1.89. The number of amides is 2. The molecule has 2 aliphatic rings. The first-order valence-corrected chi connectivity index (χ1v) is 11.1. The van der Waals surface area contributed by atoms with E-state index in [2.05, 4.69) is 26.1 Å². The van der Waals surface area contributed by atoms with Crippen LogP contribution in [0.4, 0.5) is 0 Å². The van der Waals surface area contributed by atoms with Gasteiger partial charge in [-0.25, -0.2) is 9.59 Å². The van der Waals surface area contributed by atoms with Crippen LogP contribution in [0.3, 0.4) is 0 Å². The number of carboxylic acids is 1. The lowest BCUT2D eigenvalue weighted by atomic mass is 9.83. The number of hydrogen-bond acceptors (Lipinski definition) is 7. The number of nitrogens with one attached hydrogen (secondary N) is 1. The summed E-state index contributed by atoms with van der Waals surface area (Å²) in [6.07, 6.45) is 0. The number of nitrogens with two attached hydrogens (primary N) is 1. The molecular formula is C22H29N3O6S. The highest BCUT2D eigenvalue weighted by Crippen LogP contribution is 2.55. The summed E-state index contributed by atoms with van der Waals surface area (Å²) in [7, 11) is 1.11. The number of carbonyl (C=O) groups is 4. The zero-order chi connectivity index (χ0) is 24.2. The molecule has 2 aliphatic heterocycles. The number of β-lactam (4-membered cyclic amide) rings is 1. The largest absolute Gasteiger partial charge is 0.480 e. The molecule has 0 saturated carbocycles. The summed E-state index contributed by atoms with van der Waals surface area (Å²) in [6, 6.07) is 4.94. The number of benzene rings is 1. The number of rotatable bonds is 5. The van der Waals surface area contributed by atoms with Crippen LogP contribution in [0.25, 0.3) is 0 Å². The van der Waals surface area contributed by atoms with E-state index in [4.69, 9.17) is 10.5 Å². The third-order valence-electron chi connectivity index (χ3n) is 6.03. The number of carbonyl (C=O) groups excluding carboxylic acids is 3. The van der Waals surface area contributed by atoms with E-state index >= 15 is 0 Å². The van der Waals surface area contributed by atoms with Crippen molar-refractivity contribution in [3.63, 3.8) is 0 Å². The minimum atomic E-state index is -2.03. The van der Waals surface area contributed by atoms with Gasteiger partial charge in [0.1, 0.15) is 17.5 Å². The molecule has 3 rings (SSSR count). The molecule has 4 N–H and O–H groups in total. The van der Waals surface area contributed by atoms with Crippen molar-refractivity contribution >= 4 is 35.5 Å². The molecular weight excluding hydrogens is 434 g/mol. The van der Waals surface area contributed by atoms with E-state index in [-0.39, 0.29) is 5.41 Å². The van der Waals surface area contributed by atoms with Gasteiger partial charge in [0, 0.05) is 4.75 Å². The lowest BCUT2D eigenvalue weighted by molar-refractivity contribution is -0.180. The summed E-state index contributed by atoms with van der Waals surface area (Å²) >= 11 is 1.13. The zero-order valence-corrected chi connectivity index (χ0v) is 19.8. The molecule has 0 bridgehead atoms. The molecule has 32 heavy (non-hydrogen) atoms. The Labute approximate surface area is 191 Å². The predicted octanol–water partition coefficient (Wildman–Crippen LogP) is 1.16. The smallest absolute Gasteiger partial charge is 0.344 e. The van der Waals surface area contributed by atoms with Crippen LogP contribution in [-0.2, 0) is 29.3 Å². The SMILES string of the molecule is COC(=O)C1(NC(=O)C(N)c2ccc(C(C)(C)C)cc2)C(=O)N2[C@@H](C(=O)O)C(C)(C)S[C@@H]21. The molecule has 1 aromatic carbocycles. The minimum absolute atomic E-state index is 0.0746. The molecule has 0 aliphatic carbocycles. The molecule has 2 amide bonds. The Morgan fingerprint density at radius 3 is 2.25 bits per heavy atom. The highest BCUT2D eigenvalue weighted by atomic mass is 32.2. The van der Waals surface area contributed by atoms with E-state index < -0.39 is 51.5 Å². The van der Waals surface area contributed by atoms with Gasteiger partial charge in [0.2, 0.25) is 11.4 Å². The molecule has 174 valence electrons. The van der Waals surface area contributed by atoms with Gasteiger partial charge >= 0.3 is 11.9 Å². The molecule has 10 heteroatoms. The van der Waals surface area contributed by atoms with E-state index in [9.17, 15) is 24.3 Å². The summed E-state index contributed by atoms with van der Waals surface area (Å²) < 4.78 is 3.96. The number of esters is 1. The highest BCUT2D eigenvalue weighted by molar-refractivity contribution is 8.01. The van der Waals surface area contributed by atoms with Gasteiger partial charge in [0.15, 0.2) is 0 Å². The predicted molar refractivity (Wildman–Crippen MR) is 119 cm³/mol. The van der Waals surface area contributed by atoms with Crippen LogP contribution in [0.2, 0.25) is 0 Å². The molecule has 0 aromatic heterocycles. The number of aliphatic carboxylic acids is 1. The van der Waals surface area contributed by atoms with Crippen LogP contribution < -0.4 is 11.1 Å². The lowest BCUT2D eigenvalue weighted by Gasteiger charge is -2.50. The average molecular weight is 464 g/mol. The maximum absolute atomic E-state index is 13.1. The molecule has 9 nitrogen and oxygen atoms in total. The van der Waals surface area contributed by atoms with Crippen molar-refractivity contribution < 1.29 is 29.0 Å². The number of thioether (sulfide) groups is 1. The number of nitrogens with zero attached hydrogens (tertiary/aromatic N) is 1. The molecule has 1 aromatic rings. The van der Waals surface area contributed by atoms with Crippen LogP contribution in [0.5, 0.6) is 0 Å². The fraction of sp³-hybridized carbons (Fsp3) is 0.545. The van der Waals surface area contributed by atoms with Gasteiger partial charge in [-0.05, 0) is 30.4 Å². The normalized spacial score (nSPS) is 27.2. The Morgan fingerprint density at radius 2 is 1.78 bits per heavy atom. The fourth-order valence-electron chi connectivity index (χ4n) is 4.19. The molecule has 0 radical (unpaired) electrons. The molecule has 2 saturated heterocycles. The van der Waals surface area contributed by atoms with Gasteiger partial charge in [0.25, 0.3) is 5.91 Å². The number of carboxylic acid groups (broad SMARTS) is 1. The summed E-state index contributed by atoms with van der Waals surface area (Å²) in [5, 5.41) is 11.2. The average Bonchev–Trinajstić information content (AvgIpc) is 2.98. The number of fused-ring (bicyclic) bond motifs is 1. The van der Waals surface area contributed by atoms with Gasteiger partial charge in [0.05, 0.1) is 7.11 Å². The van der Waals surface area contributed by atoms with Crippen LogP contribution in [0.1, 0.15) is 51.8 Å². The van der Waals surface area contributed by atoms with E-state index in [0.29, 0.717) is 5.56 Å². The van der Waals surface area contributed by atoms with Crippen LogP contribution >= 0.6 is 11.8 Å². The van der Waals surface area contributed by atoms with Crippen LogP contribution in [0.15, 0.2) is 24.3 Å². The van der Waals surface area contributed by atoms with Crippen molar-refractivity contribution in [2.24, 2.45) is 5.73 Å². The second-order valence-electron chi connectivity index (χ2n) is 9.67. The quantitative estimate of drug-likeness (QED) is 0.336. The van der Waals surface area contributed by atoms with Gasteiger partial charge in [-0.15, -0.1) is 11.8 Å². The number of hydrogen-bond donors (Lipinski definition) is 3. The number of ether oxygens (including phenoxy) is 1. The van der Waals surface area contributed by atoms with Crippen molar-refractivity contribution in [3.8, 4) is 0 Å². The van der Waals surface area contributed by atoms with Crippen molar-refractivity contribution in [1.82, 2.24) is 10.2 Å². The number of methoxy groups -OCH3 is 1. The summed E-state index contributed by atoms with van der Waals surface area (Å²) in [5.41, 5.74) is 5.62. The monoisotopic (exact) mass is 463 g/mol. The lowest BCUT2D eigenvalue weighted by Crippen LogP contribution is -2.83. The van der Waals surface area contributed by atoms with E-state index in [0.717, 1.165) is 29.3 Å². The Morgan fingerprint density at radius 1 is 1.22 bits per heavy atom. The molecule has 4 atom stereocenters. The van der Waals surface area contributed by atoms with E-state index in [1.54, 1.807) is 26.0 Å². The standard InChI is InChI=1S/C22H29N3O6S/c1-20(2,3)12-9-7-11(8-10-12)13(23)15(26)24-22(19(30)31-6)17(29)25-14(16(27)28)21(4,5)32-18(22)25/h7-10,13-14,18H,23H2,1-6H3,(H,24,26)(H,27,28)/t13?,14-,18+,22?/m0/s1. The van der Waals surface area contributed by atoms with Crippen LogP contribution in [0, 0.1) is 0 Å². The molecule has 2 fully saturated rings. The third kappa shape index (κ3) is 3.55. The Bertz CT molecular complexity index is 971. The molecule has 2 unspecified atom stereocenters. The van der Waals surface area contributed by atoms with Crippen molar-refractivity contribution in [2.75, 3.05) is 7.11 Å². The third-order valence-corrected chi connectivity index (χ3v) is 7.66. The van der Waals surface area contributed by atoms with Gasteiger partial charge < -0.3 is 25.8 Å². The second kappa shape index (κ2) is 7.77. The van der Waals surface area contributed by atoms with Crippen molar-refractivity contribution in [3.05, 3.63) is 35.4 Å². The van der Waals surface area contributed by atoms with Gasteiger partial charge in [-0.1, -0.05) is 45.0 Å². The topological polar surface area (TPSA) is 139 Å². The van der Waals surface area contributed by atoms with Gasteiger partial charge in [-0.2, -0.15) is 0 Å². The Hall–Kier alpha value is -2.59. The van der Waals surface area contributed by atoms with Crippen molar-refractivity contribution in [2.45, 2.75) is 67.8 Å². The summed E-state index contributed by atoms with van der Waals surface area (Å²) in [5.74, 6) is -3.69. The zero-order valence-electron chi connectivity index (χ0n) is 19.0. The first-order chi connectivity index (χ1) is 14.7. The summed E-state index contributed by atoms with van der Waals surface area (Å²) in [6.45, 7) is 9.54. The first kappa shape index (κ1) is 24.1. The maximum Gasteiger partial charge on any atom is 0.344 e. The summed E-state index contributed by atoms with van der Waals surface area (Å²) in [4.78, 5) is 51.8. The minimum Gasteiger partial charge on any atom is -0.480 e. The molecule has 2 heterocycles. The van der Waals surface area contributed by atoms with Gasteiger partial charge in [-0.3, -0.25) is 9.59 Å². The fourth-order valence-corrected chi connectivity index (χ4v) is 5.87. The first-order valence-electron chi connectivity index (χ1n) is 10.2. The Kier molecular flexibility index (Phi) is 5.84. The van der Waals surface area contributed by atoms with E-state index in [1.807, 2.05) is 12.1 Å². The van der Waals surface area contributed by atoms with Crippen LogP contribution in [-0.4, -0.2) is 62.6 Å². The maximum atomic E-state index is 13.1. The van der Waals surface area contributed by atoms with Crippen molar-refractivity contribution in [1.29, 1.82) is 0 Å².